The molecule has 80 valence electrons. The molecule has 0 fully saturated rings. The van der Waals surface area contributed by atoms with Crippen molar-refractivity contribution in [1.82, 2.24) is 4.98 Å². The van der Waals surface area contributed by atoms with Crippen LogP contribution in [0.3, 0.4) is 0 Å². The number of rotatable bonds is 2. The van der Waals surface area contributed by atoms with E-state index >= 15 is 0 Å². The van der Waals surface area contributed by atoms with Crippen molar-refractivity contribution in [1.29, 1.82) is 5.26 Å². The van der Waals surface area contributed by atoms with E-state index in [1.54, 1.807) is 30.3 Å². The van der Waals surface area contributed by atoms with Crippen LogP contribution in [0.4, 0.5) is 8.78 Å². The molecule has 3 nitrogen and oxygen atoms in total. The van der Waals surface area contributed by atoms with Crippen molar-refractivity contribution in [3.8, 4) is 11.9 Å². The molecule has 1 heterocycles. The molecule has 0 bridgehead atoms. The Balaban J connectivity index is 2.65. The van der Waals surface area contributed by atoms with Crippen molar-refractivity contribution in [2.75, 3.05) is 0 Å². The molecule has 0 N–H and O–H groups in total. The third-order valence-electron chi connectivity index (χ3n) is 2.02. The lowest BCUT2D eigenvalue weighted by Crippen LogP contribution is -2.04. The molecule has 0 aliphatic heterocycles. The standard InChI is InChI=1S/C11H6F2N2O/c12-11(13)16-10-9-4-2-1-3-7(9)5-8(6-14)15-10/h1-5,11H. The topological polar surface area (TPSA) is 45.9 Å². The SMILES string of the molecule is N#Cc1cc2ccccc2c(OC(F)F)n1. The van der Waals surface area contributed by atoms with Crippen LogP contribution in [0.15, 0.2) is 30.3 Å². The largest absolute Gasteiger partial charge is 0.416 e. The van der Waals surface area contributed by atoms with Gasteiger partial charge < -0.3 is 4.74 Å². The van der Waals surface area contributed by atoms with Gasteiger partial charge >= 0.3 is 6.61 Å². The van der Waals surface area contributed by atoms with E-state index in [2.05, 4.69) is 9.72 Å². The minimum Gasteiger partial charge on any atom is -0.416 e. The summed E-state index contributed by atoms with van der Waals surface area (Å²) in [5, 5.41) is 9.80. The fourth-order valence-electron chi connectivity index (χ4n) is 1.40. The van der Waals surface area contributed by atoms with E-state index in [4.69, 9.17) is 5.26 Å². The predicted octanol–water partition coefficient (Wildman–Crippen LogP) is 2.71. The van der Waals surface area contributed by atoms with Gasteiger partial charge in [-0.05, 0) is 17.5 Å². The van der Waals surface area contributed by atoms with E-state index in [1.165, 1.54) is 6.07 Å². The summed E-state index contributed by atoms with van der Waals surface area (Å²) in [5.41, 5.74) is 0.0503. The second kappa shape index (κ2) is 4.11. The highest BCUT2D eigenvalue weighted by molar-refractivity contribution is 5.87. The van der Waals surface area contributed by atoms with Crippen molar-refractivity contribution in [3.05, 3.63) is 36.0 Å². The van der Waals surface area contributed by atoms with Crippen LogP contribution in [-0.4, -0.2) is 11.6 Å². The highest BCUT2D eigenvalue weighted by Crippen LogP contribution is 2.25. The van der Waals surface area contributed by atoms with Crippen molar-refractivity contribution in [2.45, 2.75) is 6.61 Å². The summed E-state index contributed by atoms with van der Waals surface area (Å²) in [6.07, 6.45) is 0. The lowest BCUT2D eigenvalue weighted by atomic mass is 10.1. The second-order valence-corrected chi connectivity index (χ2v) is 3.02. The zero-order valence-corrected chi connectivity index (χ0v) is 8.02. The van der Waals surface area contributed by atoms with Gasteiger partial charge in [-0.3, -0.25) is 0 Å². The lowest BCUT2D eigenvalue weighted by Gasteiger charge is -2.07. The van der Waals surface area contributed by atoms with Gasteiger partial charge in [-0.25, -0.2) is 4.98 Å². The Morgan fingerprint density at radius 3 is 2.75 bits per heavy atom. The first-order valence-corrected chi connectivity index (χ1v) is 4.45. The van der Waals surface area contributed by atoms with Gasteiger partial charge in [0.05, 0.1) is 0 Å². The average Bonchev–Trinajstić information content (AvgIpc) is 2.28. The van der Waals surface area contributed by atoms with E-state index in [-0.39, 0.29) is 11.6 Å². The summed E-state index contributed by atoms with van der Waals surface area (Å²) >= 11 is 0. The molecule has 0 saturated heterocycles. The van der Waals surface area contributed by atoms with E-state index in [9.17, 15) is 8.78 Å². The highest BCUT2D eigenvalue weighted by Gasteiger charge is 2.11. The number of alkyl halides is 2. The van der Waals surface area contributed by atoms with Gasteiger partial charge in [0.2, 0.25) is 5.88 Å². The molecule has 0 saturated carbocycles. The third kappa shape index (κ3) is 1.91. The predicted molar refractivity (Wildman–Crippen MR) is 53.1 cm³/mol. The molecule has 0 aliphatic rings. The van der Waals surface area contributed by atoms with E-state index in [1.807, 2.05) is 0 Å². The van der Waals surface area contributed by atoms with Crippen molar-refractivity contribution in [2.24, 2.45) is 0 Å². The highest BCUT2D eigenvalue weighted by atomic mass is 19.3. The van der Waals surface area contributed by atoms with Gasteiger partial charge in [0, 0.05) is 5.39 Å². The average molecular weight is 220 g/mol. The van der Waals surface area contributed by atoms with Gasteiger partial charge in [0.1, 0.15) is 11.8 Å². The molecular weight excluding hydrogens is 214 g/mol. The number of ether oxygens (including phenoxy) is 1. The molecular formula is C11H6F2N2O. The number of hydrogen-bond acceptors (Lipinski definition) is 3. The molecule has 16 heavy (non-hydrogen) atoms. The number of nitriles is 1. The fourth-order valence-corrected chi connectivity index (χ4v) is 1.40. The Hall–Kier alpha value is -2.22. The lowest BCUT2D eigenvalue weighted by molar-refractivity contribution is -0.0517. The number of halogens is 2. The molecule has 1 aromatic carbocycles. The Morgan fingerprint density at radius 1 is 1.31 bits per heavy atom. The molecule has 1 aromatic heterocycles. The normalized spacial score (nSPS) is 10.4. The van der Waals surface area contributed by atoms with Gasteiger partial charge in [-0.1, -0.05) is 18.2 Å². The second-order valence-electron chi connectivity index (χ2n) is 3.02. The zero-order chi connectivity index (χ0) is 11.5. The summed E-state index contributed by atoms with van der Waals surface area (Å²) in [6, 6.07) is 10.1. The van der Waals surface area contributed by atoms with Crippen LogP contribution in [-0.2, 0) is 0 Å². The number of nitrogens with zero attached hydrogens (tertiary/aromatic N) is 2. The van der Waals surface area contributed by atoms with Crippen LogP contribution in [0.2, 0.25) is 0 Å². The van der Waals surface area contributed by atoms with Crippen LogP contribution in [0, 0.1) is 11.3 Å². The number of fused-ring (bicyclic) bond motifs is 1. The molecule has 0 aliphatic carbocycles. The van der Waals surface area contributed by atoms with Crippen LogP contribution in [0.25, 0.3) is 10.8 Å². The molecule has 2 rings (SSSR count). The smallest absolute Gasteiger partial charge is 0.388 e. The number of aromatic nitrogens is 1. The van der Waals surface area contributed by atoms with Crippen LogP contribution >= 0.6 is 0 Å². The zero-order valence-electron chi connectivity index (χ0n) is 8.02. The van der Waals surface area contributed by atoms with Crippen LogP contribution in [0.1, 0.15) is 5.69 Å². The number of benzene rings is 1. The quantitative estimate of drug-likeness (QED) is 0.781. The van der Waals surface area contributed by atoms with E-state index in [0.29, 0.717) is 10.8 Å². The molecule has 5 heteroatoms. The van der Waals surface area contributed by atoms with Crippen molar-refractivity contribution >= 4 is 10.8 Å². The Kier molecular flexibility index (Phi) is 2.64. The van der Waals surface area contributed by atoms with Crippen molar-refractivity contribution in [3.63, 3.8) is 0 Å². The van der Waals surface area contributed by atoms with Crippen LogP contribution < -0.4 is 4.74 Å². The summed E-state index contributed by atoms with van der Waals surface area (Å²) in [7, 11) is 0. The summed E-state index contributed by atoms with van der Waals surface area (Å²) in [5.74, 6) is -0.218. The van der Waals surface area contributed by atoms with Gasteiger partial charge in [-0.15, -0.1) is 0 Å². The fraction of sp³-hybridized carbons (Fsp3) is 0.0909. The minimum atomic E-state index is -2.95. The third-order valence-corrected chi connectivity index (χ3v) is 2.02. The maximum atomic E-state index is 12.1. The molecule has 0 spiro atoms. The monoisotopic (exact) mass is 220 g/mol. The van der Waals surface area contributed by atoms with Crippen molar-refractivity contribution < 1.29 is 13.5 Å². The number of pyridine rings is 1. The summed E-state index contributed by atoms with van der Waals surface area (Å²) in [4.78, 5) is 3.70. The molecule has 0 atom stereocenters. The van der Waals surface area contributed by atoms with E-state index < -0.39 is 6.61 Å². The van der Waals surface area contributed by atoms with Gasteiger partial charge in [0.25, 0.3) is 0 Å². The number of hydrogen-bond donors (Lipinski definition) is 0. The Bertz CT molecular complexity index is 563. The first-order valence-electron chi connectivity index (χ1n) is 4.45. The van der Waals surface area contributed by atoms with Crippen LogP contribution in [0.5, 0.6) is 5.88 Å². The first-order chi connectivity index (χ1) is 7.70. The molecule has 0 radical (unpaired) electrons. The maximum Gasteiger partial charge on any atom is 0.388 e. The first kappa shape index (κ1) is 10.3. The van der Waals surface area contributed by atoms with Gasteiger partial charge in [0.15, 0.2) is 0 Å². The summed E-state index contributed by atoms with van der Waals surface area (Å²) < 4.78 is 28.6. The van der Waals surface area contributed by atoms with Gasteiger partial charge in [-0.2, -0.15) is 14.0 Å². The molecule has 0 unspecified atom stereocenters. The Morgan fingerprint density at radius 2 is 2.06 bits per heavy atom. The van der Waals surface area contributed by atoms with E-state index in [0.717, 1.165) is 0 Å². The summed E-state index contributed by atoms with van der Waals surface area (Å²) in [6.45, 7) is -2.95. The molecule has 0 amide bonds. The Labute approximate surface area is 89.9 Å². The minimum absolute atomic E-state index is 0.0503. The molecule has 2 aromatic rings. The maximum absolute atomic E-state index is 12.1.